The molecule has 7 heteroatoms. The van der Waals surface area contributed by atoms with Gasteiger partial charge in [0.05, 0.1) is 16.8 Å². The molecule has 3 aromatic rings. The molecule has 0 saturated heterocycles. The van der Waals surface area contributed by atoms with Crippen LogP contribution in [0.3, 0.4) is 0 Å². The minimum absolute atomic E-state index is 0.0732. The first kappa shape index (κ1) is 20.8. The molecule has 0 radical (unpaired) electrons. The molecule has 0 atom stereocenters. The first-order valence-electron chi connectivity index (χ1n) is 9.37. The monoisotopic (exact) mass is 411 g/mol. The molecule has 0 bridgehead atoms. The highest BCUT2D eigenvalue weighted by atomic mass is 32.1. The van der Waals surface area contributed by atoms with Crippen molar-refractivity contribution in [1.29, 1.82) is 0 Å². The van der Waals surface area contributed by atoms with Crippen LogP contribution >= 0.6 is 11.3 Å². The van der Waals surface area contributed by atoms with Crippen molar-refractivity contribution in [1.82, 2.24) is 15.2 Å². The second-order valence-corrected chi connectivity index (χ2v) is 8.90. The molecule has 0 fully saturated rings. The highest BCUT2D eigenvalue weighted by Gasteiger charge is 2.16. The minimum Gasteiger partial charge on any atom is -0.444 e. The van der Waals surface area contributed by atoms with Gasteiger partial charge in [-0.05, 0) is 50.6 Å². The highest BCUT2D eigenvalue weighted by Crippen LogP contribution is 2.22. The summed E-state index contributed by atoms with van der Waals surface area (Å²) in [4.78, 5) is 30.7. The van der Waals surface area contributed by atoms with E-state index in [-0.39, 0.29) is 5.91 Å². The number of hydrogen-bond donors (Lipinski definition) is 1. The van der Waals surface area contributed by atoms with Crippen LogP contribution in [0.1, 0.15) is 41.7 Å². The molecular weight excluding hydrogens is 386 g/mol. The van der Waals surface area contributed by atoms with Crippen molar-refractivity contribution in [2.75, 3.05) is 7.05 Å². The van der Waals surface area contributed by atoms with Crippen LogP contribution in [0.15, 0.2) is 48.5 Å². The number of amides is 2. The number of rotatable bonds is 5. The van der Waals surface area contributed by atoms with Crippen LogP contribution in [0.5, 0.6) is 0 Å². The zero-order valence-electron chi connectivity index (χ0n) is 17.1. The summed E-state index contributed by atoms with van der Waals surface area (Å²) in [6, 6.07) is 15.1. The van der Waals surface area contributed by atoms with Crippen LogP contribution < -0.4 is 5.32 Å². The van der Waals surface area contributed by atoms with Gasteiger partial charge in [-0.3, -0.25) is 4.79 Å². The lowest BCUT2D eigenvalue weighted by molar-refractivity contribution is 0.0523. The summed E-state index contributed by atoms with van der Waals surface area (Å²) in [5, 5.41) is 3.61. The number of benzene rings is 2. The number of ether oxygens (including phenoxy) is 1. The van der Waals surface area contributed by atoms with Crippen molar-refractivity contribution >= 4 is 33.6 Å². The molecule has 2 amide bonds. The predicted octanol–water partition coefficient (Wildman–Crippen LogP) is 4.59. The normalized spacial score (nSPS) is 11.3. The average molecular weight is 412 g/mol. The molecule has 0 spiro atoms. The summed E-state index contributed by atoms with van der Waals surface area (Å²) in [5.74, 6) is -0.0732. The molecule has 1 heterocycles. The Hall–Kier alpha value is -2.93. The van der Waals surface area contributed by atoms with Crippen LogP contribution in [0, 0.1) is 0 Å². The minimum atomic E-state index is -0.534. The smallest absolute Gasteiger partial charge is 0.407 e. The van der Waals surface area contributed by atoms with Gasteiger partial charge < -0.3 is 15.0 Å². The van der Waals surface area contributed by atoms with Crippen LogP contribution in [0.2, 0.25) is 0 Å². The number of nitrogens with one attached hydrogen (secondary N) is 1. The maximum absolute atomic E-state index is 12.7. The number of para-hydroxylation sites is 1. The standard InChI is InChI=1S/C22H25N3O3S/c1-22(2,3)28-21(27)23-13-15-9-11-16(12-10-15)20(26)25(4)14-19-24-17-7-5-6-8-18(17)29-19/h5-12H,13-14H2,1-4H3,(H,23,27). The summed E-state index contributed by atoms with van der Waals surface area (Å²) in [5.41, 5.74) is 1.90. The number of carbonyl (C=O) groups excluding carboxylic acids is 2. The van der Waals surface area contributed by atoms with Crippen LogP contribution in [0.25, 0.3) is 10.2 Å². The fourth-order valence-corrected chi connectivity index (χ4v) is 3.76. The van der Waals surface area contributed by atoms with E-state index < -0.39 is 11.7 Å². The Bertz CT molecular complexity index is 973. The second kappa shape index (κ2) is 8.61. The number of carbonyl (C=O) groups is 2. The number of nitrogens with zero attached hydrogens (tertiary/aromatic N) is 2. The lowest BCUT2D eigenvalue weighted by atomic mass is 10.1. The van der Waals surface area contributed by atoms with E-state index in [1.807, 2.05) is 57.2 Å². The van der Waals surface area contributed by atoms with Gasteiger partial charge >= 0.3 is 6.09 Å². The van der Waals surface area contributed by atoms with E-state index in [4.69, 9.17) is 4.74 Å². The van der Waals surface area contributed by atoms with Crippen LogP contribution in [-0.2, 0) is 17.8 Å². The Morgan fingerprint density at radius 2 is 1.79 bits per heavy atom. The molecule has 2 aromatic carbocycles. The summed E-state index contributed by atoms with van der Waals surface area (Å²) in [7, 11) is 1.77. The Morgan fingerprint density at radius 3 is 2.45 bits per heavy atom. The third-order valence-electron chi connectivity index (χ3n) is 4.09. The molecular formula is C22H25N3O3S. The molecule has 0 saturated carbocycles. The maximum atomic E-state index is 12.7. The van der Waals surface area contributed by atoms with E-state index in [2.05, 4.69) is 10.3 Å². The Kier molecular flexibility index (Phi) is 6.17. The molecule has 1 aromatic heterocycles. The Labute approximate surface area is 174 Å². The van der Waals surface area contributed by atoms with E-state index in [0.717, 1.165) is 20.8 Å². The molecule has 0 aliphatic carbocycles. The van der Waals surface area contributed by atoms with Crippen molar-refractivity contribution in [3.8, 4) is 0 Å². The molecule has 0 aliphatic heterocycles. The van der Waals surface area contributed by atoms with Gasteiger partial charge in [0.2, 0.25) is 0 Å². The van der Waals surface area contributed by atoms with Gasteiger partial charge in [-0.2, -0.15) is 0 Å². The lowest BCUT2D eigenvalue weighted by Gasteiger charge is -2.19. The summed E-state index contributed by atoms with van der Waals surface area (Å²) < 4.78 is 6.33. The maximum Gasteiger partial charge on any atom is 0.407 e. The zero-order chi connectivity index (χ0) is 21.0. The SMILES string of the molecule is CN(Cc1nc2ccccc2s1)C(=O)c1ccc(CNC(=O)OC(C)(C)C)cc1. The Balaban J connectivity index is 1.57. The number of alkyl carbamates (subject to hydrolysis) is 1. The average Bonchev–Trinajstić information content (AvgIpc) is 3.07. The fourth-order valence-electron chi connectivity index (χ4n) is 2.74. The number of aromatic nitrogens is 1. The molecule has 0 unspecified atom stereocenters. The van der Waals surface area contributed by atoms with E-state index >= 15 is 0 Å². The van der Waals surface area contributed by atoms with Gasteiger partial charge in [0.15, 0.2) is 0 Å². The van der Waals surface area contributed by atoms with Crippen molar-refractivity contribution in [2.45, 2.75) is 39.5 Å². The molecule has 6 nitrogen and oxygen atoms in total. The van der Waals surface area contributed by atoms with Crippen molar-refractivity contribution in [3.05, 3.63) is 64.7 Å². The van der Waals surface area contributed by atoms with Gasteiger partial charge in [0.25, 0.3) is 5.91 Å². The number of fused-ring (bicyclic) bond motifs is 1. The quantitative estimate of drug-likeness (QED) is 0.666. The zero-order valence-corrected chi connectivity index (χ0v) is 17.9. The molecule has 29 heavy (non-hydrogen) atoms. The van der Waals surface area contributed by atoms with Gasteiger partial charge in [0, 0.05) is 19.2 Å². The van der Waals surface area contributed by atoms with Crippen LogP contribution in [-0.4, -0.2) is 34.5 Å². The highest BCUT2D eigenvalue weighted by molar-refractivity contribution is 7.18. The number of thiazole rings is 1. The molecule has 3 rings (SSSR count). The van der Waals surface area contributed by atoms with E-state index in [9.17, 15) is 9.59 Å². The van der Waals surface area contributed by atoms with Crippen molar-refractivity contribution < 1.29 is 14.3 Å². The van der Waals surface area contributed by atoms with Crippen molar-refractivity contribution in [2.24, 2.45) is 0 Å². The summed E-state index contributed by atoms with van der Waals surface area (Å²) in [6.45, 7) is 6.25. The largest absolute Gasteiger partial charge is 0.444 e. The van der Waals surface area contributed by atoms with Gasteiger partial charge in [-0.1, -0.05) is 24.3 Å². The predicted molar refractivity (Wildman–Crippen MR) is 115 cm³/mol. The van der Waals surface area contributed by atoms with Gasteiger partial charge in [-0.25, -0.2) is 9.78 Å². The van der Waals surface area contributed by atoms with E-state index in [1.54, 1.807) is 35.4 Å². The number of hydrogen-bond acceptors (Lipinski definition) is 5. The van der Waals surface area contributed by atoms with Crippen molar-refractivity contribution in [3.63, 3.8) is 0 Å². The van der Waals surface area contributed by atoms with Crippen LogP contribution in [0.4, 0.5) is 4.79 Å². The summed E-state index contributed by atoms with van der Waals surface area (Å²) in [6.07, 6.45) is -0.465. The summed E-state index contributed by atoms with van der Waals surface area (Å²) >= 11 is 1.60. The fraction of sp³-hybridized carbons (Fsp3) is 0.318. The third kappa shape index (κ3) is 5.77. The van der Waals surface area contributed by atoms with Gasteiger partial charge in [-0.15, -0.1) is 11.3 Å². The molecule has 152 valence electrons. The first-order chi connectivity index (χ1) is 13.7. The molecule has 0 aliphatic rings. The Morgan fingerprint density at radius 1 is 1.10 bits per heavy atom. The third-order valence-corrected chi connectivity index (χ3v) is 5.12. The van der Waals surface area contributed by atoms with Gasteiger partial charge in [0.1, 0.15) is 10.6 Å². The lowest BCUT2D eigenvalue weighted by Crippen LogP contribution is -2.32. The van der Waals surface area contributed by atoms with E-state index in [1.165, 1.54) is 0 Å². The first-order valence-corrected chi connectivity index (χ1v) is 10.2. The van der Waals surface area contributed by atoms with E-state index in [0.29, 0.717) is 18.7 Å². The molecule has 1 N–H and O–H groups in total. The second-order valence-electron chi connectivity index (χ2n) is 7.79. The topological polar surface area (TPSA) is 71.5 Å².